The first-order chi connectivity index (χ1) is 13.8. The van der Waals surface area contributed by atoms with Gasteiger partial charge in [-0.3, -0.25) is 4.79 Å². The molecule has 2 aromatic rings. The average molecular weight is 458 g/mol. The van der Waals surface area contributed by atoms with E-state index in [0.29, 0.717) is 11.4 Å². The molecule has 1 saturated heterocycles. The monoisotopic (exact) mass is 457 g/mol. The third kappa shape index (κ3) is 5.09. The molecule has 0 N–H and O–H groups in total. The summed E-state index contributed by atoms with van der Waals surface area (Å²) in [6.07, 6.45) is 2.27. The predicted octanol–water partition coefficient (Wildman–Crippen LogP) is 4.01. The van der Waals surface area contributed by atoms with Crippen LogP contribution in [0.25, 0.3) is 11.0 Å². The molecular formula is C20H28ClN3O3S2. The SMILES string of the molecule is CCCn1c(SCC(=O)N(C(C)CC)C2CCS(=O)(=O)C2)nc2cc(Cl)ccc21. The normalized spacial score (nSPS) is 19.5. The maximum Gasteiger partial charge on any atom is 0.233 e. The fourth-order valence-electron chi connectivity index (χ4n) is 3.83. The van der Waals surface area contributed by atoms with Crippen LogP contribution in [-0.2, 0) is 21.2 Å². The number of benzene rings is 1. The molecule has 1 amide bonds. The molecule has 2 heterocycles. The highest BCUT2D eigenvalue weighted by atomic mass is 35.5. The van der Waals surface area contributed by atoms with E-state index >= 15 is 0 Å². The number of thioether (sulfide) groups is 1. The quantitative estimate of drug-likeness (QED) is 0.560. The van der Waals surface area contributed by atoms with Gasteiger partial charge in [-0.05, 0) is 44.4 Å². The molecule has 29 heavy (non-hydrogen) atoms. The Bertz CT molecular complexity index is 990. The molecule has 1 aliphatic rings. The standard InChI is InChI=1S/C20H28ClN3O3S2/c1-4-9-23-18-7-6-15(21)11-17(18)22-20(23)28-12-19(25)24(14(3)5-2)16-8-10-29(26,27)13-16/h6-7,11,14,16H,4-5,8-10,12-13H2,1-3H3. The topological polar surface area (TPSA) is 72.3 Å². The lowest BCUT2D eigenvalue weighted by Crippen LogP contribution is -2.47. The van der Waals surface area contributed by atoms with Crippen LogP contribution in [0, 0.1) is 0 Å². The number of carbonyl (C=O) groups excluding carboxylic acids is 1. The lowest BCUT2D eigenvalue weighted by molar-refractivity contribution is -0.132. The first-order valence-corrected chi connectivity index (χ1v) is 13.2. The molecule has 6 nitrogen and oxygen atoms in total. The van der Waals surface area contributed by atoms with E-state index in [1.54, 1.807) is 4.90 Å². The van der Waals surface area contributed by atoms with Crippen LogP contribution in [0.3, 0.4) is 0 Å². The van der Waals surface area contributed by atoms with E-state index in [4.69, 9.17) is 11.6 Å². The highest BCUT2D eigenvalue weighted by Crippen LogP contribution is 2.28. The van der Waals surface area contributed by atoms with Gasteiger partial charge in [-0.2, -0.15) is 0 Å². The van der Waals surface area contributed by atoms with Crippen LogP contribution in [-0.4, -0.2) is 58.1 Å². The van der Waals surface area contributed by atoms with Gasteiger partial charge in [0, 0.05) is 23.7 Å². The Morgan fingerprint density at radius 2 is 2.17 bits per heavy atom. The number of nitrogens with zero attached hydrogens (tertiary/aromatic N) is 3. The third-order valence-electron chi connectivity index (χ3n) is 5.40. The zero-order chi connectivity index (χ0) is 21.2. The lowest BCUT2D eigenvalue weighted by atomic mass is 10.1. The van der Waals surface area contributed by atoms with Gasteiger partial charge < -0.3 is 9.47 Å². The van der Waals surface area contributed by atoms with Crippen molar-refractivity contribution in [1.29, 1.82) is 0 Å². The van der Waals surface area contributed by atoms with Gasteiger partial charge in [-0.1, -0.05) is 37.2 Å². The summed E-state index contributed by atoms with van der Waals surface area (Å²) >= 11 is 7.52. The number of sulfone groups is 1. The van der Waals surface area contributed by atoms with E-state index in [-0.39, 0.29) is 35.2 Å². The van der Waals surface area contributed by atoms with Crippen molar-refractivity contribution in [3.63, 3.8) is 0 Å². The molecular weight excluding hydrogens is 430 g/mol. The van der Waals surface area contributed by atoms with Gasteiger partial charge in [0.1, 0.15) is 0 Å². The molecule has 1 aromatic carbocycles. The lowest BCUT2D eigenvalue weighted by Gasteiger charge is -2.33. The van der Waals surface area contributed by atoms with Gasteiger partial charge in [-0.15, -0.1) is 0 Å². The van der Waals surface area contributed by atoms with Crippen molar-refractivity contribution in [3.8, 4) is 0 Å². The number of carbonyl (C=O) groups is 1. The van der Waals surface area contributed by atoms with Crippen LogP contribution in [0.4, 0.5) is 0 Å². The number of imidazole rings is 1. The molecule has 1 fully saturated rings. The first-order valence-electron chi connectivity index (χ1n) is 10.1. The summed E-state index contributed by atoms with van der Waals surface area (Å²) in [5, 5.41) is 1.43. The smallest absolute Gasteiger partial charge is 0.233 e. The summed E-state index contributed by atoms with van der Waals surface area (Å²) in [5.41, 5.74) is 1.83. The van der Waals surface area contributed by atoms with Gasteiger partial charge in [0.15, 0.2) is 15.0 Å². The van der Waals surface area contributed by atoms with Crippen molar-refractivity contribution in [2.75, 3.05) is 17.3 Å². The molecule has 1 aliphatic heterocycles. The summed E-state index contributed by atoms with van der Waals surface area (Å²) in [4.78, 5) is 19.6. The molecule has 2 atom stereocenters. The van der Waals surface area contributed by atoms with Gasteiger partial charge in [0.2, 0.25) is 5.91 Å². The fraction of sp³-hybridized carbons (Fsp3) is 0.600. The maximum absolute atomic E-state index is 13.1. The van der Waals surface area contributed by atoms with E-state index in [1.165, 1.54) is 11.8 Å². The number of halogens is 1. The van der Waals surface area contributed by atoms with Crippen molar-refractivity contribution < 1.29 is 13.2 Å². The van der Waals surface area contributed by atoms with Crippen LogP contribution in [0.15, 0.2) is 23.4 Å². The summed E-state index contributed by atoms with van der Waals surface area (Å²) in [6, 6.07) is 5.43. The second-order valence-corrected chi connectivity index (χ2v) is 11.2. The Hall–Kier alpha value is -1.25. The number of aryl methyl sites for hydroxylation is 1. The first kappa shape index (κ1) is 22.4. The predicted molar refractivity (Wildman–Crippen MR) is 119 cm³/mol. The van der Waals surface area contributed by atoms with Crippen molar-refractivity contribution in [2.24, 2.45) is 0 Å². The number of amides is 1. The molecule has 9 heteroatoms. The van der Waals surface area contributed by atoms with Gasteiger partial charge in [-0.25, -0.2) is 13.4 Å². The van der Waals surface area contributed by atoms with Crippen molar-refractivity contribution >= 4 is 50.1 Å². The van der Waals surface area contributed by atoms with E-state index in [9.17, 15) is 13.2 Å². The average Bonchev–Trinajstić information content (AvgIpc) is 3.19. The van der Waals surface area contributed by atoms with Crippen LogP contribution in [0.5, 0.6) is 0 Å². The Labute approximate surface area is 181 Å². The van der Waals surface area contributed by atoms with E-state index < -0.39 is 9.84 Å². The summed E-state index contributed by atoms with van der Waals surface area (Å²) < 4.78 is 26.0. The van der Waals surface area contributed by atoms with E-state index in [1.807, 2.05) is 32.0 Å². The number of hydrogen-bond acceptors (Lipinski definition) is 5. The van der Waals surface area contributed by atoms with Gasteiger partial charge >= 0.3 is 0 Å². The minimum Gasteiger partial charge on any atom is -0.335 e. The minimum absolute atomic E-state index is 0.00895. The Kier molecular flexibility index (Phi) is 7.17. The van der Waals surface area contributed by atoms with Gasteiger partial charge in [0.25, 0.3) is 0 Å². The van der Waals surface area contributed by atoms with Crippen molar-refractivity contribution in [3.05, 3.63) is 23.2 Å². The second kappa shape index (κ2) is 9.27. The van der Waals surface area contributed by atoms with Gasteiger partial charge in [0.05, 0.1) is 28.3 Å². The molecule has 0 bridgehead atoms. The number of fused-ring (bicyclic) bond motifs is 1. The minimum atomic E-state index is -3.05. The molecule has 0 saturated carbocycles. The Morgan fingerprint density at radius 3 is 2.79 bits per heavy atom. The zero-order valence-corrected chi connectivity index (χ0v) is 19.5. The Morgan fingerprint density at radius 1 is 1.41 bits per heavy atom. The molecule has 160 valence electrons. The molecule has 3 rings (SSSR count). The highest BCUT2D eigenvalue weighted by Gasteiger charge is 2.36. The molecule has 0 spiro atoms. The molecule has 1 aromatic heterocycles. The van der Waals surface area contributed by atoms with E-state index in [0.717, 1.165) is 35.6 Å². The summed E-state index contributed by atoms with van der Waals surface area (Å²) in [7, 11) is -3.05. The number of aromatic nitrogens is 2. The number of rotatable bonds is 8. The highest BCUT2D eigenvalue weighted by molar-refractivity contribution is 7.99. The summed E-state index contributed by atoms with van der Waals surface area (Å²) in [5.74, 6) is 0.444. The largest absolute Gasteiger partial charge is 0.335 e. The van der Waals surface area contributed by atoms with Crippen LogP contribution >= 0.6 is 23.4 Å². The maximum atomic E-state index is 13.1. The third-order valence-corrected chi connectivity index (χ3v) is 8.35. The van der Waals surface area contributed by atoms with Crippen LogP contribution < -0.4 is 0 Å². The molecule has 0 aliphatic carbocycles. The molecule has 0 radical (unpaired) electrons. The second-order valence-electron chi connectivity index (χ2n) is 7.58. The summed E-state index contributed by atoms with van der Waals surface area (Å²) in [6.45, 7) is 6.92. The number of hydrogen-bond donors (Lipinski definition) is 0. The zero-order valence-electron chi connectivity index (χ0n) is 17.1. The van der Waals surface area contributed by atoms with Crippen LogP contribution in [0.2, 0.25) is 5.02 Å². The van der Waals surface area contributed by atoms with Crippen molar-refractivity contribution in [1.82, 2.24) is 14.5 Å². The van der Waals surface area contributed by atoms with Crippen molar-refractivity contribution in [2.45, 2.75) is 63.8 Å². The van der Waals surface area contributed by atoms with Crippen LogP contribution in [0.1, 0.15) is 40.0 Å². The molecule has 2 unspecified atom stereocenters. The van der Waals surface area contributed by atoms with E-state index in [2.05, 4.69) is 16.5 Å². The fourth-order valence-corrected chi connectivity index (χ4v) is 6.62. The Balaban J connectivity index is 1.80.